The summed E-state index contributed by atoms with van der Waals surface area (Å²) in [6, 6.07) is 29.9. The molecule has 0 aliphatic carbocycles. The van der Waals surface area contributed by atoms with Crippen LogP contribution in [0, 0.1) is 5.82 Å². The Morgan fingerprint density at radius 2 is 1.27 bits per heavy atom. The molecule has 0 saturated carbocycles. The molecule has 0 radical (unpaired) electrons. The maximum Gasteiger partial charge on any atom is 0.159 e. The first-order valence-corrected chi connectivity index (χ1v) is 11.7. The van der Waals surface area contributed by atoms with E-state index in [1.807, 2.05) is 18.2 Å². The third kappa shape index (κ3) is 5.20. The van der Waals surface area contributed by atoms with Crippen LogP contribution in [0.5, 0.6) is 0 Å². The van der Waals surface area contributed by atoms with Crippen LogP contribution in [0.4, 0.5) is 10.1 Å². The zero-order chi connectivity index (χ0) is 23.4. The third-order valence-electron chi connectivity index (χ3n) is 6.14. The molecule has 1 aromatic heterocycles. The molecule has 0 aliphatic rings. The van der Waals surface area contributed by atoms with Gasteiger partial charge in [0.05, 0.1) is 5.69 Å². The molecule has 1 heterocycles. The Balaban J connectivity index is 1.83. The highest BCUT2D eigenvalue weighted by molar-refractivity contribution is 5.59. The summed E-state index contributed by atoms with van der Waals surface area (Å²) in [5.41, 5.74) is 7.98. The summed E-state index contributed by atoms with van der Waals surface area (Å²) < 4.78 is 13.5. The van der Waals surface area contributed by atoms with Crippen LogP contribution in [0.3, 0.4) is 0 Å². The van der Waals surface area contributed by atoms with Crippen molar-refractivity contribution in [2.45, 2.75) is 45.6 Å². The molecule has 33 heavy (non-hydrogen) atoms. The van der Waals surface area contributed by atoms with Gasteiger partial charge in [-0.1, -0.05) is 82.3 Å². The first-order valence-electron chi connectivity index (χ1n) is 11.7. The van der Waals surface area contributed by atoms with Gasteiger partial charge in [0.25, 0.3) is 0 Å². The lowest BCUT2D eigenvalue weighted by molar-refractivity contribution is -0.609. The van der Waals surface area contributed by atoms with E-state index < -0.39 is 0 Å². The molecular formula is C30H32FN2+. The summed E-state index contributed by atoms with van der Waals surface area (Å²) in [6.45, 7) is 9.01. The summed E-state index contributed by atoms with van der Waals surface area (Å²) in [5, 5.41) is 2.39. The normalized spacial score (nSPS) is 12.3. The fourth-order valence-electron chi connectivity index (χ4n) is 4.39. The SMILES string of the molecule is CC(C)c1cccc(C(C)C)c1[NH2+]C(c1ccccc1)c1cccc(-c2ccc(F)cc2)n1. The second-order valence-corrected chi connectivity index (χ2v) is 9.17. The third-order valence-corrected chi connectivity index (χ3v) is 6.14. The second kappa shape index (κ2) is 10.1. The number of nitrogens with two attached hydrogens (primary N) is 1. The van der Waals surface area contributed by atoms with Gasteiger partial charge >= 0.3 is 0 Å². The van der Waals surface area contributed by atoms with Crippen LogP contribution in [0.25, 0.3) is 11.3 Å². The molecule has 0 spiro atoms. The average Bonchev–Trinajstić information content (AvgIpc) is 2.83. The molecule has 0 aliphatic heterocycles. The maximum absolute atomic E-state index is 13.5. The minimum absolute atomic E-state index is 0.00370. The topological polar surface area (TPSA) is 29.5 Å². The molecule has 3 heteroatoms. The Kier molecular flexibility index (Phi) is 7.00. The molecule has 168 valence electrons. The molecule has 2 nitrogen and oxygen atoms in total. The minimum Gasteiger partial charge on any atom is -0.302 e. The van der Waals surface area contributed by atoms with Gasteiger partial charge in [0, 0.05) is 22.3 Å². The van der Waals surface area contributed by atoms with Gasteiger partial charge in [0.15, 0.2) is 6.04 Å². The van der Waals surface area contributed by atoms with E-state index in [9.17, 15) is 4.39 Å². The predicted molar refractivity (Wildman–Crippen MR) is 134 cm³/mol. The summed E-state index contributed by atoms with van der Waals surface area (Å²) in [5.74, 6) is 0.603. The van der Waals surface area contributed by atoms with E-state index in [0.29, 0.717) is 11.8 Å². The van der Waals surface area contributed by atoms with Gasteiger partial charge in [0.2, 0.25) is 0 Å². The number of quaternary nitrogens is 1. The van der Waals surface area contributed by atoms with Crippen molar-refractivity contribution in [1.29, 1.82) is 0 Å². The Labute approximate surface area is 196 Å². The van der Waals surface area contributed by atoms with Crippen LogP contribution in [0.1, 0.15) is 68.0 Å². The van der Waals surface area contributed by atoms with Crippen molar-refractivity contribution in [2.24, 2.45) is 0 Å². The summed E-state index contributed by atoms with van der Waals surface area (Å²) in [4.78, 5) is 5.04. The van der Waals surface area contributed by atoms with E-state index >= 15 is 0 Å². The number of para-hydroxylation sites is 1. The molecule has 0 amide bonds. The van der Waals surface area contributed by atoms with Crippen molar-refractivity contribution in [3.8, 4) is 11.3 Å². The highest BCUT2D eigenvalue weighted by atomic mass is 19.1. The summed E-state index contributed by atoms with van der Waals surface area (Å²) in [6.07, 6.45) is 0. The molecule has 0 fully saturated rings. The van der Waals surface area contributed by atoms with Gasteiger partial charge in [-0.25, -0.2) is 9.37 Å². The Morgan fingerprint density at radius 3 is 1.88 bits per heavy atom. The number of rotatable bonds is 7. The number of pyridine rings is 1. The Morgan fingerprint density at radius 1 is 0.667 bits per heavy atom. The zero-order valence-electron chi connectivity index (χ0n) is 19.8. The van der Waals surface area contributed by atoms with Crippen molar-refractivity contribution in [3.05, 3.63) is 119 Å². The highest BCUT2D eigenvalue weighted by Crippen LogP contribution is 2.31. The first kappa shape index (κ1) is 22.9. The first-order chi connectivity index (χ1) is 15.9. The van der Waals surface area contributed by atoms with Crippen LogP contribution in [0.15, 0.2) is 91.0 Å². The highest BCUT2D eigenvalue weighted by Gasteiger charge is 2.25. The Bertz CT molecular complexity index is 1170. The average molecular weight is 440 g/mol. The van der Waals surface area contributed by atoms with E-state index in [1.54, 1.807) is 12.1 Å². The van der Waals surface area contributed by atoms with Crippen molar-refractivity contribution < 1.29 is 9.71 Å². The van der Waals surface area contributed by atoms with Gasteiger partial charge in [0.1, 0.15) is 17.2 Å². The molecule has 0 bridgehead atoms. The number of aromatic nitrogens is 1. The largest absolute Gasteiger partial charge is 0.302 e. The molecule has 1 atom stereocenters. The summed E-state index contributed by atoms with van der Waals surface area (Å²) in [7, 11) is 0. The van der Waals surface area contributed by atoms with Crippen molar-refractivity contribution >= 4 is 5.69 Å². The minimum atomic E-state index is -0.239. The van der Waals surface area contributed by atoms with Gasteiger partial charge in [-0.3, -0.25) is 0 Å². The number of nitrogens with zero attached hydrogens (tertiary/aromatic N) is 1. The van der Waals surface area contributed by atoms with Crippen LogP contribution in [-0.4, -0.2) is 4.98 Å². The molecule has 3 aromatic carbocycles. The van der Waals surface area contributed by atoms with Gasteiger partial charge in [-0.05, 0) is 48.2 Å². The van der Waals surface area contributed by atoms with Gasteiger partial charge < -0.3 is 5.32 Å². The smallest absolute Gasteiger partial charge is 0.159 e. The number of benzene rings is 3. The van der Waals surface area contributed by atoms with E-state index in [0.717, 1.165) is 17.0 Å². The molecular weight excluding hydrogens is 407 g/mol. The molecule has 2 N–H and O–H groups in total. The fraction of sp³-hybridized carbons (Fsp3) is 0.233. The van der Waals surface area contributed by atoms with Crippen molar-refractivity contribution in [1.82, 2.24) is 4.98 Å². The molecule has 4 aromatic rings. The van der Waals surface area contributed by atoms with Crippen molar-refractivity contribution in [2.75, 3.05) is 0 Å². The molecule has 4 rings (SSSR count). The lowest BCUT2D eigenvalue weighted by Gasteiger charge is -2.22. The van der Waals surface area contributed by atoms with Crippen LogP contribution in [0.2, 0.25) is 0 Å². The molecule has 1 unspecified atom stereocenters. The lowest BCUT2D eigenvalue weighted by Crippen LogP contribution is -2.80. The fourth-order valence-corrected chi connectivity index (χ4v) is 4.39. The van der Waals surface area contributed by atoms with Crippen LogP contribution >= 0.6 is 0 Å². The summed E-state index contributed by atoms with van der Waals surface area (Å²) >= 11 is 0. The van der Waals surface area contributed by atoms with Crippen LogP contribution in [-0.2, 0) is 0 Å². The number of halogens is 1. The predicted octanol–water partition coefficient (Wildman–Crippen LogP) is 7.12. The Hall–Kier alpha value is -3.30. The van der Waals surface area contributed by atoms with Crippen LogP contribution < -0.4 is 5.32 Å². The van der Waals surface area contributed by atoms with Gasteiger partial charge in [-0.15, -0.1) is 0 Å². The standard InChI is InChI=1S/C30H31FN2/c1-20(2)25-12-8-13-26(21(3)4)30(25)33-29(23-10-6-5-7-11-23)28-15-9-14-27(32-28)22-16-18-24(31)19-17-22/h5-21,29,33H,1-4H3/p+1. The van der Waals surface area contributed by atoms with E-state index in [1.165, 1.54) is 34.5 Å². The quantitative estimate of drug-likeness (QED) is 0.305. The second-order valence-electron chi connectivity index (χ2n) is 9.17. The van der Waals surface area contributed by atoms with E-state index in [4.69, 9.17) is 4.98 Å². The van der Waals surface area contributed by atoms with Crippen molar-refractivity contribution in [3.63, 3.8) is 0 Å². The van der Waals surface area contributed by atoms with E-state index in [-0.39, 0.29) is 11.9 Å². The maximum atomic E-state index is 13.5. The monoisotopic (exact) mass is 439 g/mol. The van der Waals surface area contributed by atoms with E-state index in [2.05, 4.69) is 81.5 Å². The van der Waals surface area contributed by atoms with Gasteiger partial charge in [-0.2, -0.15) is 0 Å². The zero-order valence-corrected chi connectivity index (χ0v) is 19.8. The lowest BCUT2D eigenvalue weighted by atomic mass is 9.91. The molecule has 0 saturated heterocycles. The number of hydrogen-bond acceptors (Lipinski definition) is 1. The number of hydrogen-bond donors (Lipinski definition) is 1.